The predicted octanol–water partition coefficient (Wildman–Crippen LogP) is 5.26. The fourth-order valence-corrected chi connectivity index (χ4v) is 2.90. The molecule has 96 valence electrons. The van der Waals surface area contributed by atoms with Crippen molar-refractivity contribution in [2.75, 3.05) is 6.61 Å². The van der Waals surface area contributed by atoms with Crippen molar-refractivity contribution in [1.82, 2.24) is 0 Å². The molecule has 1 nitrogen and oxygen atoms in total. The van der Waals surface area contributed by atoms with E-state index in [9.17, 15) is 0 Å². The van der Waals surface area contributed by atoms with Crippen LogP contribution in [-0.2, 0) is 6.42 Å². The minimum atomic E-state index is 0.471. The van der Waals surface area contributed by atoms with Crippen molar-refractivity contribution >= 4 is 27.3 Å². The highest BCUT2D eigenvalue weighted by Gasteiger charge is 2.08. The average Bonchev–Trinajstić information content (AvgIpc) is 2.84. The summed E-state index contributed by atoms with van der Waals surface area (Å²) in [5.74, 6) is 1.47. The van der Waals surface area contributed by atoms with Gasteiger partial charge in [0.15, 0.2) is 0 Å². The van der Waals surface area contributed by atoms with Crippen LogP contribution in [0.1, 0.15) is 30.9 Å². The minimum Gasteiger partial charge on any atom is -0.493 e. The van der Waals surface area contributed by atoms with Crippen LogP contribution in [0.25, 0.3) is 0 Å². The second-order valence-corrected chi connectivity index (χ2v) is 6.26. The van der Waals surface area contributed by atoms with Gasteiger partial charge in [-0.15, -0.1) is 0 Å². The van der Waals surface area contributed by atoms with E-state index in [1.54, 1.807) is 11.3 Å². The molecule has 0 unspecified atom stereocenters. The maximum atomic E-state index is 5.91. The van der Waals surface area contributed by atoms with Gasteiger partial charge in [-0.2, -0.15) is 11.3 Å². The highest BCUT2D eigenvalue weighted by atomic mass is 79.9. The molecule has 0 aliphatic heterocycles. The maximum Gasteiger partial charge on any atom is 0.122 e. The number of hydrogen-bond donors (Lipinski definition) is 0. The summed E-state index contributed by atoms with van der Waals surface area (Å²) in [7, 11) is 0. The molecule has 2 rings (SSSR count). The Morgan fingerprint density at radius 2 is 2.11 bits per heavy atom. The lowest BCUT2D eigenvalue weighted by Gasteiger charge is -2.14. The molecule has 1 heterocycles. The Kier molecular flexibility index (Phi) is 4.84. The van der Waals surface area contributed by atoms with Gasteiger partial charge in [-0.25, -0.2) is 0 Å². The first-order chi connectivity index (χ1) is 8.66. The molecule has 3 heteroatoms. The van der Waals surface area contributed by atoms with Crippen molar-refractivity contribution < 1.29 is 4.74 Å². The molecule has 2 aromatic rings. The fourth-order valence-electron chi connectivity index (χ4n) is 1.82. The molecule has 0 fully saturated rings. The molecule has 1 aromatic heterocycles. The molecule has 0 amide bonds. The molecule has 0 saturated carbocycles. The zero-order chi connectivity index (χ0) is 13.0. The number of rotatable bonds is 5. The van der Waals surface area contributed by atoms with Crippen molar-refractivity contribution in [3.8, 4) is 5.75 Å². The second-order valence-electron chi connectivity index (χ2n) is 4.57. The van der Waals surface area contributed by atoms with E-state index < -0.39 is 0 Å². The van der Waals surface area contributed by atoms with Crippen molar-refractivity contribution in [3.05, 3.63) is 50.6 Å². The highest BCUT2D eigenvalue weighted by Crippen LogP contribution is 2.29. The van der Waals surface area contributed by atoms with Gasteiger partial charge in [0.1, 0.15) is 5.75 Å². The van der Waals surface area contributed by atoms with Crippen LogP contribution >= 0.6 is 27.3 Å². The van der Waals surface area contributed by atoms with Gasteiger partial charge in [-0.1, -0.05) is 29.8 Å². The van der Waals surface area contributed by atoms with Crippen LogP contribution in [0, 0.1) is 0 Å². The van der Waals surface area contributed by atoms with E-state index >= 15 is 0 Å². The first kappa shape index (κ1) is 13.6. The van der Waals surface area contributed by atoms with Crippen molar-refractivity contribution in [3.63, 3.8) is 0 Å². The second kappa shape index (κ2) is 6.39. The van der Waals surface area contributed by atoms with E-state index in [1.165, 1.54) is 11.1 Å². The van der Waals surface area contributed by atoms with Gasteiger partial charge >= 0.3 is 0 Å². The summed E-state index contributed by atoms with van der Waals surface area (Å²) in [5, 5.41) is 4.28. The molecular weight excluding hydrogens is 308 g/mol. The topological polar surface area (TPSA) is 9.23 Å². The van der Waals surface area contributed by atoms with E-state index in [2.05, 4.69) is 52.7 Å². The number of thiophene rings is 1. The first-order valence-corrected chi connectivity index (χ1v) is 7.83. The molecule has 0 radical (unpaired) electrons. The summed E-state index contributed by atoms with van der Waals surface area (Å²) < 4.78 is 7.02. The summed E-state index contributed by atoms with van der Waals surface area (Å²) in [6.45, 7) is 5.11. The standard InChI is InChI=1S/C15H17BrOS/c1-11(2)14-9-13(16)3-4-15(14)17-7-5-12-6-8-18-10-12/h3-4,6,8-11H,5,7H2,1-2H3. The summed E-state index contributed by atoms with van der Waals surface area (Å²) in [6, 6.07) is 8.38. The normalized spacial score (nSPS) is 10.9. The summed E-state index contributed by atoms with van der Waals surface area (Å²) in [4.78, 5) is 0. The molecule has 0 atom stereocenters. The zero-order valence-electron chi connectivity index (χ0n) is 10.7. The number of ether oxygens (including phenoxy) is 1. The Labute approximate surface area is 121 Å². The molecule has 0 bridgehead atoms. The van der Waals surface area contributed by atoms with Gasteiger partial charge < -0.3 is 4.74 Å². The molecule has 1 aromatic carbocycles. The molecule has 0 aliphatic rings. The van der Waals surface area contributed by atoms with Crippen LogP contribution < -0.4 is 4.74 Å². The quantitative estimate of drug-likeness (QED) is 0.729. The summed E-state index contributed by atoms with van der Waals surface area (Å²) in [5.41, 5.74) is 2.61. The van der Waals surface area contributed by atoms with E-state index in [0.29, 0.717) is 5.92 Å². The first-order valence-electron chi connectivity index (χ1n) is 6.10. The van der Waals surface area contributed by atoms with Crippen LogP contribution in [0.15, 0.2) is 39.5 Å². The monoisotopic (exact) mass is 324 g/mol. The summed E-state index contributed by atoms with van der Waals surface area (Å²) >= 11 is 5.24. The van der Waals surface area contributed by atoms with Gasteiger partial charge in [0.05, 0.1) is 6.61 Å². The van der Waals surface area contributed by atoms with E-state index in [4.69, 9.17) is 4.74 Å². The smallest absolute Gasteiger partial charge is 0.122 e. The number of halogens is 1. The van der Waals surface area contributed by atoms with Gasteiger partial charge in [0.25, 0.3) is 0 Å². The Morgan fingerprint density at radius 3 is 2.78 bits per heavy atom. The molecule has 0 N–H and O–H groups in total. The SMILES string of the molecule is CC(C)c1cc(Br)ccc1OCCc1ccsc1. The van der Waals surface area contributed by atoms with Crippen LogP contribution in [0.3, 0.4) is 0 Å². The lowest BCUT2D eigenvalue weighted by molar-refractivity contribution is 0.317. The van der Waals surface area contributed by atoms with E-state index in [0.717, 1.165) is 23.2 Å². The Hall–Kier alpha value is -0.800. The fraction of sp³-hybridized carbons (Fsp3) is 0.333. The lowest BCUT2D eigenvalue weighted by atomic mass is 10.0. The maximum absolute atomic E-state index is 5.91. The van der Waals surface area contributed by atoms with Crippen LogP contribution in [0.2, 0.25) is 0 Å². The van der Waals surface area contributed by atoms with Crippen LogP contribution in [-0.4, -0.2) is 6.61 Å². The van der Waals surface area contributed by atoms with Crippen LogP contribution in [0.4, 0.5) is 0 Å². The molecule has 0 saturated heterocycles. The van der Waals surface area contributed by atoms with Crippen molar-refractivity contribution in [2.24, 2.45) is 0 Å². The average molecular weight is 325 g/mol. The molecule has 0 aliphatic carbocycles. The van der Waals surface area contributed by atoms with Crippen LogP contribution in [0.5, 0.6) is 5.75 Å². The highest BCUT2D eigenvalue weighted by molar-refractivity contribution is 9.10. The van der Waals surface area contributed by atoms with Gasteiger partial charge in [-0.3, -0.25) is 0 Å². The lowest BCUT2D eigenvalue weighted by Crippen LogP contribution is -2.03. The molecular formula is C15H17BrOS. The number of benzene rings is 1. The third kappa shape index (κ3) is 3.59. The Bertz CT molecular complexity index is 491. The zero-order valence-corrected chi connectivity index (χ0v) is 13.1. The van der Waals surface area contributed by atoms with E-state index in [1.807, 2.05) is 12.1 Å². The predicted molar refractivity (Wildman–Crippen MR) is 81.7 cm³/mol. The third-order valence-electron chi connectivity index (χ3n) is 2.82. The minimum absolute atomic E-state index is 0.471. The van der Waals surface area contributed by atoms with Gasteiger partial charge in [-0.05, 0) is 52.1 Å². The van der Waals surface area contributed by atoms with E-state index in [-0.39, 0.29) is 0 Å². The Morgan fingerprint density at radius 1 is 1.28 bits per heavy atom. The summed E-state index contributed by atoms with van der Waals surface area (Å²) in [6.07, 6.45) is 0.969. The number of hydrogen-bond acceptors (Lipinski definition) is 2. The van der Waals surface area contributed by atoms with Crippen molar-refractivity contribution in [2.45, 2.75) is 26.2 Å². The molecule has 18 heavy (non-hydrogen) atoms. The molecule has 0 spiro atoms. The van der Waals surface area contributed by atoms with Gasteiger partial charge in [0.2, 0.25) is 0 Å². The van der Waals surface area contributed by atoms with Gasteiger partial charge in [0, 0.05) is 10.9 Å². The Balaban J connectivity index is 2.00. The third-order valence-corrected chi connectivity index (χ3v) is 4.05. The van der Waals surface area contributed by atoms with Crippen molar-refractivity contribution in [1.29, 1.82) is 0 Å². The largest absolute Gasteiger partial charge is 0.493 e.